The molecule has 0 fully saturated rings. The van der Waals surface area contributed by atoms with Gasteiger partial charge in [-0.05, 0) is 42.5 Å². The van der Waals surface area contributed by atoms with E-state index < -0.39 is 28.6 Å². The Kier molecular flexibility index (Phi) is 7.14. The first kappa shape index (κ1) is 23.7. The van der Waals surface area contributed by atoms with Crippen LogP contribution in [-0.2, 0) is 14.8 Å². The summed E-state index contributed by atoms with van der Waals surface area (Å²) in [6.07, 6.45) is -0.409. The smallest absolute Gasteiger partial charge is 0.264 e. The van der Waals surface area contributed by atoms with Crippen LogP contribution in [0, 0.1) is 0 Å². The normalized spacial score (nSPS) is 14.8. The molecule has 1 heterocycles. The standard InChI is InChI=1S/C24H23ClN2O6S/c1-31-21-12-11-17(13-20(21)25)27(34(29,30)19-7-3-2-4-8-19)15-24(28)26-14-18-16-32-22-9-5-6-10-23(22)33-18/h2-13,18H,14-16H2,1H3,(H,26,28)/t18-/m1/s1. The average Bonchev–Trinajstić information content (AvgIpc) is 2.86. The predicted octanol–water partition coefficient (Wildman–Crippen LogP) is 3.50. The van der Waals surface area contributed by atoms with Crippen molar-refractivity contribution >= 4 is 33.2 Å². The van der Waals surface area contributed by atoms with Crippen LogP contribution in [0.25, 0.3) is 0 Å². The number of nitrogens with one attached hydrogen (secondary N) is 1. The first-order valence-corrected chi connectivity index (χ1v) is 12.3. The Bertz CT molecular complexity index is 1270. The second-order valence-corrected chi connectivity index (χ2v) is 9.71. The van der Waals surface area contributed by atoms with E-state index in [2.05, 4.69) is 5.32 Å². The van der Waals surface area contributed by atoms with Crippen molar-refractivity contribution in [1.82, 2.24) is 5.32 Å². The molecule has 3 aromatic rings. The molecular weight excluding hydrogens is 480 g/mol. The maximum Gasteiger partial charge on any atom is 0.264 e. The van der Waals surface area contributed by atoms with Gasteiger partial charge in [0.1, 0.15) is 25.0 Å². The number of nitrogens with zero attached hydrogens (tertiary/aromatic N) is 1. The number of carbonyl (C=O) groups is 1. The molecule has 0 saturated heterocycles. The number of benzene rings is 3. The maximum absolute atomic E-state index is 13.4. The lowest BCUT2D eigenvalue weighted by Gasteiger charge is -2.27. The van der Waals surface area contributed by atoms with Crippen LogP contribution >= 0.6 is 11.6 Å². The molecule has 0 aliphatic carbocycles. The van der Waals surface area contributed by atoms with Gasteiger partial charge in [-0.2, -0.15) is 0 Å². The number of methoxy groups -OCH3 is 1. The Morgan fingerprint density at radius 1 is 1.09 bits per heavy atom. The van der Waals surface area contributed by atoms with Gasteiger partial charge in [-0.25, -0.2) is 8.42 Å². The number of para-hydroxylation sites is 2. The fraction of sp³-hybridized carbons (Fsp3) is 0.208. The molecule has 34 heavy (non-hydrogen) atoms. The highest BCUT2D eigenvalue weighted by Crippen LogP contribution is 2.32. The van der Waals surface area contributed by atoms with E-state index in [9.17, 15) is 13.2 Å². The number of anilines is 1. The van der Waals surface area contributed by atoms with Crippen LogP contribution in [0.5, 0.6) is 17.2 Å². The van der Waals surface area contributed by atoms with Crippen molar-refractivity contribution in [2.75, 3.05) is 31.1 Å². The van der Waals surface area contributed by atoms with E-state index in [1.54, 1.807) is 36.4 Å². The zero-order chi connectivity index (χ0) is 24.1. The average molecular weight is 503 g/mol. The van der Waals surface area contributed by atoms with Gasteiger partial charge in [0, 0.05) is 0 Å². The summed E-state index contributed by atoms with van der Waals surface area (Å²) in [6.45, 7) is -0.0444. The highest BCUT2D eigenvalue weighted by Gasteiger charge is 2.28. The molecule has 10 heteroatoms. The molecule has 0 aromatic heterocycles. The zero-order valence-corrected chi connectivity index (χ0v) is 19.9. The lowest BCUT2D eigenvalue weighted by Crippen LogP contribution is -2.45. The van der Waals surface area contributed by atoms with Crippen molar-refractivity contribution in [3.63, 3.8) is 0 Å². The Hall–Kier alpha value is -3.43. The third kappa shape index (κ3) is 5.21. The van der Waals surface area contributed by atoms with Crippen molar-refractivity contribution in [2.24, 2.45) is 0 Å². The fourth-order valence-corrected chi connectivity index (χ4v) is 5.11. The molecule has 1 aliphatic heterocycles. The van der Waals surface area contributed by atoms with E-state index in [4.69, 9.17) is 25.8 Å². The molecule has 3 aromatic carbocycles. The third-order valence-corrected chi connectivity index (χ3v) is 7.22. The number of amides is 1. The number of hydrogen-bond donors (Lipinski definition) is 1. The summed E-state index contributed by atoms with van der Waals surface area (Å²) in [5, 5.41) is 2.96. The molecule has 4 rings (SSSR count). The lowest BCUT2D eigenvalue weighted by molar-refractivity contribution is -0.120. The van der Waals surface area contributed by atoms with Crippen LogP contribution in [0.4, 0.5) is 5.69 Å². The topological polar surface area (TPSA) is 94.2 Å². The van der Waals surface area contributed by atoms with Gasteiger partial charge in [-0.15, -0.1) is 0 Å². The molecule has 0 radical (unpaired) electrons. The summed E-state index contributed by atoms with van der Waals surface area (Å²) in [5.41, 5.74) is 0.232. The Morgan fingerprint density at radius 3 is 2.50 bits per heavy atom. The Balaban J connectivity index is 1.51. The van der Waals surface area contributed by atoms with Gasteiger partial charge in [-0.1, -0.05) is 41.9 Å². The van der Waals surface area contributed by atoms with Crippen molar-refractivity contribution < 1.29 is 27.4 Å². The van der Waals surface area contributed by atoms with Crippen LogP contribution in [-0.4, -0.2) is 47.2 Å². The highest BCUT2D eigenvalue weighted by atomic mass is 35.5. The van der Waals surface area contributed by atoms with Gasteiger partial charge in [0.05, 0.1) is 29.3 Å². The van der Waals surface area contributed by atoms with Gasteiger partial charge in [0.25, 0.3) is 10.0 Å². The summed E-state index contributed by atoms with van der Waals surface area (Å²) in [6, 6.07) is 19.7. The van der Waals surface area contributed by atoms with Crippen LogP contribution in [0.15, 0.2) is 77.7 Å². The molecule has 1 amide bonds. The monoisotopic (exact) mass is 502 g/mol. The quantitative estimate of drug-likeness (QED) is 0.506. The number of hydrogen-bond acceptors (Lipinski definition) is 6. The highest BCUT2D eigenvalue weighted by molar-refractivity contribution is 7.92. The summed E-state index contributed by atoms with van der Waals surface area (Å²) < 4.78 is 44.5. The minimum atomic E-state index is -4.05. The predicted molar refractivity (Wildman–Crippen MR) is 128 cm³/mol. The summed E-state index contributed by atoms with van der Waals surface area (Å²) >= 11 is 6.23. The molecule has 0 spiro atoms. The number of halogens is 1. The second-order valence-electron chi connectivity index (χ2n) is 7.45. The van der Waals surface area contributed by atoms with Crippen LogP contribution < -0.4 is 23.8 Å². The molecule has 1 aliphatic rings. The number of rotatable bonds is 8. The third-order valence-electron chi connectivity index (χ3n) is 5.14. The molecule has 1 N–H and O–H groups in total. The summed E-state index contributed by atoms with van der Waals surface area (Å²) in [7, 11) is -2.59. The molecule has 8 nitrogen and oxygen atoms in total. The maximum atomic E-state index is 13.4. The fourth-order valence-electron chi connectivity index (χ4n) is 3.42. The molecule has 178 valence electrons. The van der Waals surface area contributed by atoms with Crippen molar-refractivity contribution in [1.29, 1.82) is 0 Å². The first-order chi connectivity index (χ1) is 16.4. The van der Waals surface area contributed by atoms with E-state index in [0.717, 1.165) is 4.31 Å². The Labute approximate surface area is 203 Å². The molecule has 0 bridgehead atoms. The number of fused-ring (bicyclic) bond motifs is 1. The van der Waals surface area contributed by atoms with Crippen LogP contribution in [0.3, 0.4) is 0 Å². The second kappa shape index (κ2) is 10.2. The molecule has 0 saturated carbocycles. The van der Waals surface area contributed by atoms with E-state index in [0.29, 0.717) is 17.2 Å². The molecule has 1 atom stereocenters. The van der Waals surface area contributed by atoms with Crippen LogP contribution in [0.1, 0.15) is 0 Å². The van der Waals surface area contributed by atoms with E-state index >= 15 is 0 Å². The molecular formula is C24H23ClN2O6S. The first-order valence-electron chi connectivity index (χ1n) is 10.4. The van der Waals surface area contributed by atoms with Gasteiger partial charge in [-0.3, -0.25) is 9.10 Å². The minimum Gasteiger partial charge on any atom is -0.495 e. The van der Waals surface area contributed by atoms with E-state index in [-0.39, 0.29) is 28.8 Å². The van der Waals surface area contributed by atoms with Crippen molar-refractivity contribution in [2.45, 2.75) is 11.0 Å². The molecule has 0 unspecified atom stereocenters. The number of carbonyl (C=O) groups excluding carboxylic acids is 1. The summed E-state index contributed by atoms with van der Waals surface area (Å²) in [4.78, 5) is 12.9. The number of sulfonamides is 1. The SMILES string of the molecule is COc1ccc(N(CC(=O)NC[C@@H]2COc3ccccc3O2)S(=O)(=O)c2ccccc2)cc1Cl. The van der Waals surface area contributed by atoms with Crippen molar-refractivity contribution in [3.8, 4) is 17.2 Å². The van der Waals surface area contributed by atoms with Gasteiger partial charge in [0.2, 0.25) is 5.91 Å². The van der Waals surface area contributed by atoms with Crippen molar-refractivity contribution in [3.05, 3.63) is 77.8 Å². The Morgan fingerprint density at radius 2 is 1.79 bits per heavy atom. The van der Waals surface area contributed by atoms with Crippen LogP contribution in [0.2, 0.25) is 5.02 Å². The minimum absolute atomic E-state index is 0.0513. The van der Waals surface area contributed by atoms with E-state index in [1.165, 1.54) is 31.4 Å². The van der Waals surface area contributed by atoms with E-state index in [1.807, 2.05) is 12.1 Å². The summed E-state index contributed by atoms with van der Waals surface area (Å²) in [5.74, 6) is 1.12. The number of ether oxygens (including phenoxy) is 3. The lowest BCUT2D eigenvalue weighted by atomic mass is 10.2. The van der Waals surface area contributed by atoms with Gasteiger partial charge in [0.15, 0.2) is 11.5 Å². The largest absolute Gasteiger partial charge is 0.495 e. The van der Waals surface area contributed by atoms with Gasteiger partial charge < -0.3 is 19.5 Å². The van der Waals surface area contributed by atoms with Gasteiger partial charge >= 0.3 is 0 Å². The zero-order valence-electron chi connectivity index (χ0n) is 18.3.